The minimum absolute atomic E-state index is 0.164. The molecule has 126 valence electrons. The lowest BCUT2D eigenvalue weighted by Gasteiger charge is -2.16. The summed E-state index contributed by atoms with van der Waals surface area (Å²) >= 11 is 0. The maximum Gasteiger partial charge on any atom is 0.573 e. The van der Waals surface area contributed by atoms with Crippen LogP contribution in [0.3, 0.4) is 0 Å². The summed E-state index contributed by atoms with van der Waals surface area (Å²) in [4.78, 5) is 0. The summed E-state index contributed by atoms with van der Waals surface area (Å²) in [5.74, 6) is -0.247. The van der Waals surface area contributed by atoms with Gasteiger partial charge in [-0.15, -0.1) is 13.2 Å². The number of rotatable bonds is 4. The van der Waals surface area contributed by atoms with Crippen molar-refractivity contribution in [2.45, 2.75) is 45.9 Å². The number of alkyl halides is 3. The van der Waals surface area contributed by atoms with Crippen LogP contribution in [0, 0.1) is 6.92 Å². The number of hydrogen-bond acceptors (Lipinski definition) is 4. The van der Waals surface area contributed by atoms with Gasteiger partial charge in [0.05, 0.1) is 32.0 Å². The molecule has 2 rings (SSSR count). The van der Waals surface area contributed by atoms with Crippen LogP contribution >= 0.6 is 0 Å². The van der Waals surface area contributed by atoms with Crippen molar-refractivity contribution in [2.24, 2.45) is 5.73 Å². The summed E-state index contributed by atoms with van der Waals surface area (Å²) in [5, 5.41) is 0. The smallest absolute Gasteiger partial charge is 0.406 e. The van der Waals surface area contributed by atoms with Gasteiger partial charge in [-0.25, -0.2) is 0 Å². The minimum Gasteiger partial charge on any atom is -0.406 e. The van der Waals surface area contributed by atoms with Crippen molar-refractivity contribution in [3.8, 4) is 5.75 Å². The van der Waals surface area contributed by atoms with E-state index in [1.165, 1.54) is 12.1 Å². The Kier molecular flexibility index (Phi) is 7.12. The average molecular weight is 321 g/mol. The molecule has 22 heavy (non-hydrogen) atoms. The van der Waals surface area contributed by atoms with Gasteiger partial charge in [0.1, 0.15) is 5.75 Å². The molecule has 0 amide bonds. The molecular formula is C15H22F3NO3. The normalized spacial score (nSPS) is 21.2. The van der Waals surface area contributed by atoms with E-state index in [4.69, 9.17) is 15.2 Å². The minimum atomic E-state index is -4.70. The molecule has 7 heteroatoms. The SMILES string of the molecule is CC.Cc1cc(COC2COCC2N)cc(OC(F)(F)F)c1. The summed E-state index contributed by atoms with van der Waals surface area (Å²) in [5.41, 5.74) is 7.03. The van der Waals surface area contributed by atoms with Crippen LogP contribution in [0.15, 0.2) is 18.2 Å². The molecule has 0 aliphatic carbocycles. The fourth-order valence-electron chi connectivity index (χ4n) is 2.03. The second-order valence-electron chi connectivity index (χ2n) is 4.75. The highest BCUT2D eigenvalue weighted by Crippen LogP contribution is 2.25. The number of halogens is 3. The zero-order chi connectivity index (χ0) is 16.8. The predicted molar refractivity (Wildman–Crippen MR) is 76.6 cm³/mol. The molecule has 1 aliphatic heterocycles. The fourth-order valence-corrected chi connectivity index (χ4v) is 2.03. The summed E-state index contributed by atoms with van der Waals surface area (Å²) in [7, 11) is 0. The summed E-state index contributed by atoms with van der Waals surface area (Å²) < 4.78 is 51.2. The van der Waals surface area contributed by atoms with E-state index < -0.39 is 6.36 Å². The van der Waals surface area contributed by atoms with Crippen molar-refractivity contribution < 1.29 is 27.4 Å². The summed E-state index contributed by atoms with van der Waals surface area (Å²) in [6.07, 6.45) is -4.93. The Bertz CT molecular complexity index is 466. The van der Waals surface area contributed by atoms with Crippen LogP contribution in [0.2, 0.25) is 0 Å². The first-order chi connectivity index (χ1) is 10.3. The number of nitrogens with two attached hydrogens (primary N) is 1. The van der Waals surface area contributed by atoms with E-state index in [0.29, 0.717) is 24.3 Å². The predicted octanol–water partition coefficient (Wildman–Crippen LogP) is 3.16. The second-order valence-corrected chi connectivity index (χ2v) is 4.75. The monoisotopic (exact) mass is 321 g/mol. The Morgan fingerprint density at radius 3 is 2.45 bits per heavy atom. The Morgan fingerprint density at radius 2 is 1.91 bits per heavy atom. The molecule has 0 saturated carbocycles. The van der Waals surface area contributed by atoms with Crippen molar-refractivity contribution in [1.82, 2.24) is 0 Å². The van der Waals surface area contributed by atoms with E-state index in [2.05, 4.69) is 4.74 Å². The highest BCUT2D eigenvalue weighted by molar-refractivity contribution is 5.33. The van der Waals surface area contributed by atoms with E-state index >= 15 is 0 Å². The molecule has 0 bridgehead atoms. The number of hydrogen-bond donors (Lipinski definition) is 1. The second kappa shape index (κ2) is 8.36. The first-order valence-corrected chi connectivity index (χ1v) is 7.15. The quantitative estimate of drug-likeness (QED) is 0.925. The van der Waals surface area contributed by atoms with Gasteiger partial charge in [0.2, 0.25) is 0 Å². The molecule has 1 heterocycles. The molecule has 4 nitrogen and oxygen atoms in total. The molecule has 0 radical (unpaired) electrons. The Hall–Kier alpha value is -1.31. The molecule has 0 aromatic heterocycles. The van der Waals surface area contributed by atoms with Crippen LogP contribution in [-0.2, 0) is 16.1 Å². The average Bonchev–Trinajstić information content (AvgIpc) is 2.81. The number of aryl methyl sites for hydroxylation is 1. The van der Waals surface area contributed by atoms with Crippen molar-refractivity contribution in [2.75, 3.05) is 13.2 Å². The molecule has 1 aromatic rings. The lowest BCUT2D eigenvalue weighted by molar-refractivity contribution is -0.274. The zero-order valence-corrected chi connectivity index (χ0v) is 12.9. The molecular weight excluding hydrogens is 299 g/mol. The Balaban J connectivity index is 0.00000116. The number of benzene rings is 1. The van der Waals surface area contributed by atoms with E-state index in [0.717, 1.165) is 0 Å². The van der Waals surface area contributed by atoms with Gasteiger partial charge in [0.15, 0.2) is 0 Å². The summed E-state index contributed by atoms with van der Waals surface area (Å²) in [6, 6.07) is 4.17. The Labute approximate surface area is 128 Å². The molecule has 2 N–H and O–H groups in total. The van der Waals surface area contributed by atoms with Gasteiger partial charge in [-0.2, -0.15) is 0 Å². The van der Waals surface area contributed by atoms with E-state index in [1.54, 1.807) is 13.0 Å². The van der Waals surface area contributed by atoms with Crippen LogP contribution in [0.4, 0.5) is 13.2 Å². The third-order valence-corrected chi connectivity index (χ3v) is 2.88. The van der Waals surface area contributed by atoms with Gasteiger partial charge in [0, 0.05) is 0 Å². The van der Waals surface area contributed by atoms with Crippen LogP contribution in [-0.4, -0.2) is 31.7 Å². The van der Waals surface area contributed by atoms with Crippen LogP contribution in [0.1, 0.15) is 25.0 Å². The zero-order valence-electron chi connectivity index (χ0n) is 12.9. The van der Waals surface area contributed by atoms with Crippen molar-refractivity contribution in [3.63, 3.8) is 0 Å². The van der Waals surface area contributed by atoms with Gasteiger partial charge in [0.25, 0.3) is 0 Å². The third-order valence-electron chi connectivity index (χ3n) is 2.88. The molecule has 1 fully saturated rings. The maximum absolute atomic E-state index is 12.2. The highest BCUT2D eigenvalue weighted by atomic mass is 19.4. The van der Waals surface area contributed by atoms with E-state index in [9.17, 15) is 13.2 Å². The standard InChI is InChI=1S/C13H16F3NO3.C2H6/c1-8-2-9(4-10(3-8)20-13(14,15)16)5-19-12-7-18-6-11(12)17;1-2/h2-4,11-12H,5-7,17H2,1H3;1-2H3. The van der Waals surface area contributed by atoms with Gasteiger partial charge >= 0.3 is 6.36 Å². The van der Waals surface area contributed by atoms with Gasteiger partial charge in [-0.05, 0) is 30.2 Å². The fraction of sp³-hybridized carbons (Fsp3) is 0.600. The molecule has 2 atom stereocenters. The van der Waals surface area contributed by atoms with Gasteiger partial charge in [-0.3, -0.25) is 0 Å². The summed E-state index contributed by atoms with van der Waals surface area (Å²) in [6.45, 7) is 6.69. The van der Waals surface area contributed by atoms with Crippen LogP contribution in [0.5, 0.6) is 5.75 Å². The van der Waals surface area contributed by atoms with Crippen molar-refractivity contribution >= 4 is 0 Å². The van der Waals surface area contributed by atoms with Gasteiger partial charge in [-0.1, -0.05) is 19.9 Å². The van der Waals surface area contributed by atoms with Crippen LogP contribution in [0.25, 0.3) is 0 Å². The maximum atomic E-state index is 12.2. The van der Waals surface area contributed by atoms with Crippen molar-refractivity contribution in [1.29, 1.82) is 0 Å². The third kappa shape index (κ3) is 6.21. The molecule has 0 spiro atoms. The lowest BCUT2D eigenvalue weighted by atomic mass is 10.1. The topological polar surface area (TPSA) is 53.7 Å². The Morgan fingerprint density at radius 1 is 1.23 bits per heavy atom. The van der Waals surface area contributed by atoms with Crippen molar-refractivity contribution in [3.05, 3.63) is 29.3 Å². The van der Waals surface area contributed by atoms with Crippen LogP contribution < -0.4 is 10.5 Å². The molecule has 1 aliphatic rings. The molecule has 1 aromatic carbocycles. The first kappa shape index (κ1) is 18.7. The molecule has 2 unspecified atom stereocenters. The molecule has 1 saturated heterocycles. The largest absolute Gasteiger partial charge is 0.573 e. The lowest BCUT2D eigenvalue weighted by Crippen LogP contribution is -2.34. The number of ether oxygens (including phenoxy) is 3. The first-order valence-electron chi connectivity index (χ1n) is 7.15. The van der Waals surface area contributed by atoms with E-state index in [-0.39, 0.29) is 24.5 Å². The van der Waals surface area contributed by atoms with E-state index in [1.807, 2.05) is 13.8 Å². The van der Waals surface area contributed by atoms with Gasteiger partial charge < -0.3 is 19.9 Å². The highest BCUT2D eigenvalue weighted by Gasteiger charge is 2.31.